The summed E-state index contributed by atoms with van der Waals surface area (Å²) >= 11 is 0. The summed E-state index contributed by atoms with van der Waals surface area (Å²) < 4.78 is 9.78. The monoisotopic (exact) mass is 420 g/mol. The smallest absolute Gasteiger partial charge is 0.330 e. The minimum absolute atomic E-state index is 0.369. The summed E-state index contributed by atoms with van der Waals surface area (Å²) in [4.78, 5) is 32.5. The Labute approximate surface area is 178 Å². The third-order valence-electron chi connectivity index (χ3n) is 3.85. The summed E-state index contributed by atoms with van der Waals surface area (Å²) in [7, 11) is 0. The minimum Gasteiger partial charge on any atom is -0.463 e. The highest BCUT2D eigenvalue weighted by atomic mass is 16.6. The van der Waals surface area contributed by atoms with Crippen LogP contribution in [0.3, 0.4) is 0 Å². The molecule has 0 aromatic heterocycles. The first-order valence-corrected chi connectivity index (χ1v) is 10.0. The number of esters is 2. The molecular weight excluding hydrogens is 388 g/mol. The number of rotatable bonds is 18. The van der Waals surface area contributed by atoms with Gasteiger partial charge in [0.05, 0.1) is 26.4 Å². The maximum absolute atomic E-state index is 10.9. The zero-order valence-corrected chi connectivity index (χ0v) is 17.4. The average Bonchev–Trinajstić information content (AvgIpc) is 2.77. The van der Waals surface area contributed by atoms with Crippen LogP contribution in [0.4, 0.5) is 0 Å². The second kappa shape index (κ2) is 17.3. The van der Waals surface area contributed by atoms with Crippen molar-refractivity contribution < 1.29 is 28.7 Å². The number of hydrogen-bond acceptors (Lipinski definition) is 8. The molecule has 0 spiro atoms. The molecule has 2 N–H and O–H groups in total. The van der Waals surface area contributed by atoms with Gasteiger partial charge in [0.25, 0.3) is 0 Å². The number of carbonyl (C=O) groups excluding carboxylic acids is 2. The minimum atomic E-state index is -0.402. The lowest BCUT2D eigenvalue weighted by Gasteiger charge is -2.09. The van der Waals surface area contributed by atoms with Gasteiger partial charge in [0, 0.05) is 25.2 Å². The van der Waals surface area contributed by atoms with Gasteiger partial charge < -0.3 is 19.1 Å². The van der Waals surface area contributed by atoms with Gasteiger partial charge in [-0.25, -0.2) is 9.59 Å². The van der Waals surface area contributed by atoms with Gasteiger partial charge in [0.15, 0.2) is 0 Å². The first-order chi connectivity index (χ1) is 14.7. The molecular formula is C22H32N2O6. The summed E-state index contributed by atoms with van der Waals surface area (Å²) in [6.07, 6.45) is 5.36. The highest BCUT2D eigenvalue weighted by molar-refractivity contribution is 5.81. The lowest BCUT2D eigenvalue weighted by molar-refractivity contribution is -0.138. The summed E-state index contributed by atoms with van der Waals surface area (Å²) in [5.41, 5.74) is 8.05. The fourth-order valence-electron chi connectivity index (χ4n) is 2.28. The molecule has 0 unspecified atom stereocenters. The van der Waals surface area contributed by atoms with Crippen molar-refractivity contribution >= 4 is 11.9 Å². The lowest BCUT2D eigenvalue weighted by atomic mass is 10.1. The topological polar surface area (TPSA) is 95.1 Å². The lowest BCUT2D eigenvalue weighted by Crippen LogP contribution is -2.17. The molecule has 0 aliphatic heterocycles. The van der Waals surface area contributed by atoms with Gasteiger partial charge in [-0.2, -0.15) is 11.0 Å². The molecule has 30 heavy (non-hydrogen) atoms. The highest BCUT2D eigenvalue weighted by Crippen LogP contribution is 2.05. The maximum atomic E-state index is 10.9. The van der Waals surface area contributed by atoms with Crippen LogP contribution in [-0.4, -0.2) is 38.4 Å². The van der Waals surface area contributed by atoms with E-state index in [0.717, 1.165) is 49.0 Å². The third kappa shape index (κ3) is 13.6. The Morgan fingerprint density at radius 1 is 0.767 bits per heavy atom. The van der Waals surface area contributed by atoms with E-state index in [0.29, 0.717) is 39.5 Å². The highest BCUT2D eigenvalue weighted by Gasteiger charge is 1.99. The van der Waals surface area contributed by atoms with Gasteiger partial charge in [-0.3, -0.25) is 0 Å². The number of carbonyl (C=O) groups is 2. The Kier molecular flexibility index (Phi) is 14.8. The van der Waals surface area contributed by atoms with Crippen molar-refractivity contribution in [1.82, 2.24) is 11.0 Å². The molecule has 0 bridgehead atoms. The van der Waals surface area contributed by atoms with Crippen molar-refractivity contribution in [2.24, 2.45) is 0 Å². The molecule has 0 fully saturated rings. The van der Waals surface area contributed by atoms with Gasteiger partial charge in [0.2, 0.25) is 0 Å². The Bertz CT molecular complexity index is 599. The van der Waals surface area contributed by atoms with Crippen molar-refractivity contribution in [2.75, 3.05) is 26.4 Å². The molecule has 0 radical (unpaired) electrons. The van der Waals surface area contributed by atoms with E-state index in [2.05, 4.69) is 30.2 Å². The first kappa shape index (κ1) is 25.5. The molecule has 0 amide bonds. The Morgan fingerprint density at radius 2 is 1.20 bits per heavy atom. The van der Waals surface area contributed by atoms with E-state index in [-0.39, 0.29) is 0 Å². The maximum Gasteiger partial charge on any atom is 0.330 e. The molecule has 0 saturated carbocycles. The normalized spacial score (nSPS) is 10.4. The Balaban J connectivity index is 2.04. The molecule has 8 nitrogen and oxygen atoms in total. The quantitative estimate of drug-likeness (QED) is 0.162. The second-order valence-electron chi connectivity index (χ2n) is 6.32. The van der Waals surface area contributed by atoms with Gasteiger partial charge in [0.1, 0.15) is 0 Å². The fourth-order valence-corrected chi connectivity index (χ4v) is 2.28. The SMILES string of the molecule is C=CC(=O)OCCCCONCc1cccc(CNOCCCCOC(=O)C=C)c1. The second-order valence-corrected chi connectivity index (χ2v) is 6.32. The number of hydroxylamine groups is 2. The number of benzene rings is 1. The van der Waals surface area contributed by atoms with Crippen LogP contribution in [0.5, 0.6) is 0 Å². The van der Waals surface area contributed by atoms with Crippen LogP contribution in [0.2, 0.25) is 0 Å². The molecule has 1 aromatic carbocycles. The van der Waals surface area contributed by atoms with Crippen LogP contribution in [-0.2, 0) is 41.8 Å². The molecule has 0 aliphatic rings. The van der Waals surface area contributed by atoms with E-state index in [4.69, 9.17) is 19.1 Å². The van der Waals surface area contributed by atoms with Crippen molar-refractivity contribution in [3.63, 3.8) is 0 Å². The standard InChI is InChI=1S/C22H32N2O6/c1-3-21(25)27-12-5-7-14-29-23-17-19-10-9-11-20(16-19)18-24-30-15-8-6-13-28-22(26)4-2/h3-4,9-11,16,23-24H,1-2,5-8,12-15,17-18H2. The fraction of sp³-hybridized carbons (Fsp3) is 0.455. The van der Waals surface area contributed by atoms with Crippen LogP contribution in [0, 0.1) is 0 Å². The molecule has 0 aliphatic carbocycles. The van der Waals surface area contributed by atoms with E-state index in [9.17, 15) is 9.59 Å². The number of ether oxygens (including phenoxy) is 2. The van der Waals surface area contributed by atoms with Crippen LogP contribution >= 0.6 is 0 Å². The zero-order valence-electron chi connectivity index (χ0n) is 17.4. The predicted octanol–water partition coefficient (Wildman–Crippen LogP) is 2.75. The molecule has 0 saturated heterocycles. The molecule has 8 heteroatoms. The summed E-state index contributed by atoms with van der Waals surface area (Å²) in [6.45, 7) is 9.66. The zero-order chi connectivity index (χ0) is 21.9. The average molecular weight is 421 g/mol. The first-order valence-electron chi connectivity index (χ1n) is 10.0. The summed E-state index contributed by atoms with van der Waals surface area (Å²) in [5, 5.41) is 0. The van der Waals surface area contributed by atoms with Gasteiger partial charge in [-0.15, -0.1) is 0 Å². The molecule has 1 aromatic rings. The van der Waals surface area contributed by atoms with E-state index in [1.807, 2.05) is 18.2 Å². The number of hydrogen-bond donors (Lipinski definition) is 2. The molecule has 0 heterocycles. The molecule has 1 rings (SSSR count). The van der Waals surface area contributed by atoms with Crippen molar-refractivity contribution in [3.8, 4) is 0 Å². The van der Waals surface area contributed by atoms with Crippen LogP contribution in [0.1, 0.15) is 36.8 Å². The van der Waals surface area contributed by atoms with Crippen molar-refractivity contribution in [2.45, 2.75) is 38.8 Å². The Hall–Kier alpha value is -2.52. The van der Waals surface area contributed by atoms with Gasteiger partial charge in [-0.05, 0) is 36.8 Å². The summed E-state index contributed by atoms with van der Waals surface area (Å²) in [6, 6.07) is 8.08. The summed E-state index contributed by atoms with van der Waals surface area (Å²) in [5.74, 6) is -0.805. The third-order valence-corrected chi connectivity index (χ3v) is 3.85. The Morgan fingerprint density at radius 3 is 1.63 bits per heavy atom. The number of nitrogens with one attached hydrogen (secondary N) is 2. The molecule has 0 atom stereocenters. The van der Waals surface area contributed by atoms with E-state index in [1.165, 1.54) is 0 Å². The van der Waals surface area contributed by atoms with Crippen molar-refractivity contribution in [3.05, 3.63) is 60.7 Å². The van der Waals surface area contributed by atoms with Crippen molar-refractivity contribution in [1.29, 1.82) is 0 Å². The van der Waals surface area contributed by atoms with Crippen LogP contribution in [0.15, 0.2) is 49.6 Å². The van der Waals surface area contributed by atoms with E-state index in [1.54, 1.807) is 0 Å². The van der Waals surface area contributed by atoms with Gasteiger partial charge in [-0.1, -0.05) is 37.4 Å². The van der Waals surface area contributed by atoms with Crippen LogP contribution in [0.25, 0.3) is 0 Å². The van der Waals surface area contributed by atoms with Gasteiger partial charge >= 0.3 is 11.9 Å². The van der Waals surface area contributed by atoms with E-state index >= 15 is 0 Å². The van der Waals surface area contributed by atoms with Crippen LogP contribution < -0.4 is 11.0 Å². The number of unbranched alkanes of at least 4 members (excludes halogenated alkanes) is 2. The van der Waals surface area contributed by atoms with E-state index < -0.39 is 11.9 Å². The molecule has 166 valence electrons. The largest absolute Gasteiger partial charge is 0.463 e. The predicted molar refractivity (Wildman–Crippen MR) is 113 cm³/mol.